The highest BCUT2D eigenvalue weighted by Crippen LogP contribution is 2.17. The van der Waals surface area contributed by atoms with E-state index in [4.69, 9.17) is 4.74 Å². The molecule has 2 aromatic carbocycles. The Morgan fingerprint density at radius 3 is 2.92 bits per heavy atom. The monoisotopic (exact) mass is 341 g/mol. The summed E-state index contributed by atoms with van der Waals surface area (Å²) in [5.74, 6) is 0.0787. The van der Waals surface area contributed by atoms with Gasteiger partial charge in [0.25, 0.3) is 5.91 Å². The van der Waals surface area contributed by atoms with Crippen molar-refractivity contribution in [2.75, 3.05) is 13.2 Å². The van der Waals surface area contributed by atoms with Crippen LogP contribution in [0.5, 0.6) is 5.75 Å². The topological polar surface area (TPSA) is 84.1 Å². The van der Waals surface area contributed by atoms with Crippen molar-refractivity contribution in [1.29, 1.82) is 0 Å². The number of benzene rings is 2. The molecule has 0 unspecified atom stereocenters. The second-order valence-electron chi connectivity index (χ2n) is 5.39. The molecular weight excluding hydrogens is 325 g/mol. The van der Waals surface area contributed by atoms with Crippen molar-refractivity contribution in [3.63, 3.8) is 0 Å². The van der Waals surface area contributed by atoms with Gasteiger partial charge >= 0.3 is 0 Å². The molecule has 1 heterocycles. The van der Waals surface area contributed by atoms with Gasteiger partial charge in [0.15, 0.2) is 12.9 Å². The maximum atomic E-state index is 13.0. The predicted octanol–water partition coefficient (Wildman–Crippen LogP) is 2.25. The van der Waals surface area contributed by atoms with E-state index in [9.17, 15) is 14.0 Å². The minimum Gasteiger partial charge on any atom is -0.483 e. The fourth-order valence-corrected chi connectivity index (χ4v) is 2.38. The van der Waals surface area contributed by atoms with Gasteiger partial charge in [0.1, 0.15) is 17.4 Å². The van der Waals surface area contributed by atoms with Crippen molar-refractivity contribution in [3.05, 3.63) is 59.7 Å². The minimum atomic E-state index is -0.537. The molecule has 1 aromatic heterocycles. The van der Waals surface area contributed by atoms with Crippen LogP contribution in [0.15, 0.2) is 42.5 Å². The zero-order valence-electron chi connectivity index (χ0n) is 13.3. The Morgan fingerprint density at radius 2 is 2.12 bits per heavy atom. The molecule has 7 heteroatoms. The lowest BCUT2D eigenvalue weighted by Gasteiger charge is -2.08. The minimum absolute atomic E-state index is 0.0649. The summed E-state index contributed by atoms with van der Waals surface area (Å²) in [6.45, 7) is 0.137. The molecular formula is C18H16FN3O3. The van der Waals surface area contributed by atoms with Crippen LogP contribution in [-0.2, 0) is 11.2 Å². The first-order chi connectivity index (χ1) is 12.2. The number of aldehydes is 1. The first-order valence-electron chi connectivity index (χ1n) is 7.73. The van der Waals surface area contributed by atoms with Gasteiger partial charge in [0.2, 0.25) is 0 Å². The summed E-state index contributed by atoms with van der Waals surface area (Å²) >= 11 is 0. The van der Waals surface area contributed by atoms with Crippen molar-refractivity contribution >= 4 is 23.2 Å². The van der Waals surface area contributed by atoms with Gasteiger partial charge < -0.3 is 15.0 Å². The highest BCUT2D eigenvalue weighted by molar-refractivity contribution is 5.81. The maximum absolute atomic E-state index is 13.0. The molecule has 0 spiro atoms. The number of para-hydroxylation sites is 2. The Hall–Kier alpha value is -3.22. The van der Waals surface area contributed by atoms with Gasteiger partial charge in [-0.15, -0.1) is 0 Å². The average Bonchev–Trinajstić information content (AvgIpc) is 3.03. The van der Waals surface area contributed by atoms with Crippen LogP contribution in [0.1, 0.15) is 16.2 Å². The molecule has 3 aromatic rings. The molecule has 6 nitrogen and oxygen atoms in total. The van der Waals surface area contributed by atoms with E-state index in [1.165, 1.54) is 12.1 Å². The molecule has 1 amide bonds. The number of imidazole rings is 1. The summed E-state index contributed by atoms with van der Waals surface area (Å²) in [4.78, 5) is 30.3. The van der Waals surface area contributed by atoms with Gasteiger partial charge in [-0.3, -0.25) is 9.59 Å². The number of hydrogen-bond acceptors (Lipinski definition) is 4. The van der Waals surface area contributed by atoms with E-state index in [1.54, 1.807) is 0 Å². The summed E-state index contributed by atoms with van der Waals surface area (Å²) in [7, 11) is 0. The van der Waals surface area contributed by atoms with Crippen LogP contribution < -0.4 is 10.1 Å². The Balaban J connectivity index is 1.47. The number of nitrogens with zero attached hydrogens (tertiary/aromatic N) is 1. The molecule has 128 valence electrons. The first kappa shape index (κ1) is 16.6. The zero-order valence-corrected chi connectivity index (χ0v) is 13.3. The molecule has 0 bridgehead atoms. The van der Waals surface area contributed by atoms with E-state index in [2.05, 4.69) is 15.3 Å². The number of amides is 1. The third kappa shape index (κ3) is 4.20. The molecule has 0 fully saturated rings. The van der Waals surface area contributed by atoms with Crippen molar-refractivity contribution in [2.45, 2.75) is 6.42 Å². The van der Waals surface area contributed by atoms with Gasteiger partial charge in [-0.2, -0.15) is 0 Å². The van der Waals surface area contributed by atoms with E-state index >= 15 is 0 Å². The standard InChI is InChI=1S/C18H16FN3O3/c19-13-5-6-16(12(9-13)10-23)25-11-18(24)20-8-7-17-21-14-3-1-2-4-15(14)22-17/h1-6,9-10H,7-8,11H2,(H,20,24)(H,21,22). The summed E-state index contributed by atoms with van der Waals surface area (Å²) in [5.41, 5.74) is 1.89. The van der Waals surface area contributed by atoms with Gasteiger partial charge in [0, 0.05) is 13.0 Å². The Bertz CT molecular complexity index is 874. The number of hydrogen-bond donors (Lipinski definition) is 2. The number of fused-ring (bicyclic) bond motifs is 1. The summed E-state index contributed by atoms with van der Waals surface area (Å²) in [5, 5.41) is 2.71. The lowest BCUT2D eigenvalue weighted by atomic mass is 10.2. The number of ether oxygens (including phenoxy) is 1. The van der Waals surface area contributed by atoms with Gasteiger partial charge in [-0.1, -0.05) is 12.1 Å². The molecule has 2 N–H and O–H groups in total. The molecule has 0 radical (unpaired) electrons. The second kappa shape index (κ2) is 7.57. The van der Waals surface area contributed by atoms with E-state index in [0.29, 0.717) is 19.3 Å². The fourth-order valence-electron chi connectivity index (χ4n) is 2.38. The Morgan fingerprint density at radius 1 is 1.28 bits per heavy atom. The molecule has 3 rings (SSSR count). The Kier molecular flexibility index (Phi) is 5.03. The lowest BCUT2D eigenvalue weighted by Crippen LogP contribution is -2.30. The van der Waals surface area contributed by atoms with E-state index < -0.39 is 5.82 Å². The largest absolute Gasteiger partial charge is 0.483 e. The predicted molar refractivity (Wildman–Crippen MR) is 90.1 cm³/mol. The van der Waals surface area contributed by atoms with Crippen molar-refractivity contribution < 1.29 is 18.7 Å². The number of halogens is 1. The highest BCUT2D eigenvalue weighted by atomic mass is 19.1. The van der Waals surface area contributed by atoms with Crippen molar-refractivity contribution in [2.24, 2.45) is 0 Å². The number of carbonyl (C=O) groups is 2. The van der Waals surface area contributed by atoms with Crippen molar-refractivity contribution in [3.8, 4) is 5.75 Å². The average molecular weight is 341 g/mol. The van der Waals surface area contributed by atoms with Gasteiger partial charge in [-0.05, 0) is 30.3 Å². The SMILES string of the molecule is O=Cc1cc(F)ccc1OCC(=O)NCCc1nc2ccccc2[nH]1. The first-order valence-corrected chi connectivity index (χ1v) is 7.73. The van der Waals surface area contributed by atoms with Crippen LogP contribution in [0.3, 0.4) is 0 Å². The normalized spacial score (nSPS) is 10.6. The smallest absolute Gasteiger partial charge is 0.257 e. The summed E-state index contributed by atoms with van der Waals surface area (Å²) < 4.78 is 18.3. The molecule has 0 saturated carbocycles. The summed E-state index contributed by atoms with van der Waals surface area (Å²) in [6.07, 6.45) is 1.04. The van der Waals surface area contributed by atoms with Crippen molar-refractivity contribution in [1.82, 2.24) is 15.3 Å². The third-order valence-electron chi connectivity index (χ3n) is 3.58. The third-order valence-corrected chi connectivity index (χ3v) is 3.58. The van der Waals surface area contributed by atoms with Gasteiger partial charge in [0.05, 0.1) is 16.6 Å². The number of aromatic nitrogens is 2. The maximum Gasteiger partial charge on any atom is 0.257 e. The highest BCUT2D eigenvalue weighted by Gasteiger charge is 2.08. The van der Waals surface area contributed by atoms with Crippen LogP contribution in [0, 0.1) is 5.82 Å². The number of carbonyl (C=O) groups excluding carboxylic acids is 2. The second-order valence-corrected chi connectivity index (χ2v) is 5.39. The van der Waals surface area contributed by atoms with E-state index in [-0.39, 0.29) is 23.8 Å². The summed E-state index contributed by atoms with van der Waals surface area (Å²) in [6, 6.07) is 11.2. The van der Waals surface area contributed by atoms with Crippen LogP contribution in [-0.4, -0.2) is 35.3 Å². The molecule has 0 aliphatic rings. The number of H-pyrrole nitrogens is 1. The molecule has 0 atom stereocenters. The van der Waals surface area contributed by atoms with Crippen LogP contribution in [0.4, 0.5) is 4.39 Å². The van der Waals surface area contributed by atoms with E-state index in [0.717, 1.165) is 22.9 Å². The molecule has 0 saturated heterocycles. The molecule has 25 heavy (non-hydrogen) atoms. The molecule has 0 aliphatic heterocycles. The van der Waals surface area contributed by atoms with Crippen LogP contribution in [0.25, 0.3) is 11.0 Å². The van der Waals surface area contributed by atoms with E-state index in [1.807, 2.05) is 24.3 Å². The zero-order chi connectivity index (χ0) is 17.6. The number of rotatable bonds is 7. The Labute approximate surface area is 143 Å². The fraction of sp³-hybridized carbons (Fsp3) is 0.167. The lowest BCUT2D eigenvalue weighted by molar-refractivity contribution is -0.123. The van der Waals surface area contributed by atoms with Crippen LogP contribution >= 0.6 is 0 Å². The van der Waals surface area contributed by atoms with Crippen LogP contribution in [0.2, 0.25) is 0 Å². The number of aromatic amines is 1. The quantitative estimate of drug-likeness (QED) is 0.646. The van der Waals surface area contributed by atoms with Gasteiger partial charge in [-0.25, -0.2) is 9.37 Å². The number of nitrogens with one attached hydrogen (secondary N) is 2. The molecule has 0 aliphatic carbocycles.